The third-order valence-corrected chi connectivity index (χ3v) is 5.53. The number of benzene rings is 1. The Hall–Kier alpha value is -2.64. The van der Waals surface area contributed by atoms with Gasteiger partial charge < -0.3 is 20.5 Å². The Morgan fingerprint density at radius 3 is 2.89 bits per heavy atom. The van der Waals surface area contributed by atoms with Gasteiger partial charge in [-0.25, -0.2) is 4.98 Å². The summed E-state index contributed by atoms with van der Waals surface area (Å²) in [6.45, 7) is 1.15. The molecule has 1 amide bonds. The van der Waals surface area contributed by atoms with Crippen molar-refractivity contribution < 1.29 is 14.6 Å². The minimum atomic E-state index is -0.348. The van der Waals surface area contributed by atoms with Crippen molar-refractivity contribution in [1.29, 1.82) is 0 Å². The van der Waals surface area contributed by atoms with E-state index in [0.29, 0.717) is 36.0 Å². The summed E-state index contributed by atoms with van der Waals surface area (Å²) in [7, 11) is 3.49. The number of carbonyl (C=O) groups excluding carboxylic acids is 1. The molecule has 0 saturated heterocycles. The zero-order chi connectivity index (χ0) is 19.7. The number of carbonyl (C=O) groups is 1. The third-order valence-electron chi connectivity index (χ3n) is 5.53. The molecule has 1 aliphatic carbocycles. The number of fused-ring (bicyclic) bond motifs is 1. The van der Waals surface area contributed by atoms with E-state index in [-0.39, 0.29) is 18.1 Å². The van der Waals surface area contributed by atoms with Crippen LogP contribution in [0.5, 0.6) is 5.75 Å². The van der Waals surface area contributed by atoms with Gasteiger partial charge in [-0.05, 0) is 61.7 Å². The predicted octanol–water partition coefficient (Wildman–Crippen LogP) is 2.30. The summed E-state index contributed by atoms with van der Waals surface area (Å²) in [4.78, 5) is 19.4. The maximum absolute atomic E-state index is 13.1. The summed E-state index contributed by atoms with van der Waals surface area (Å²) in [6, 6.07) is 9.39. The zero-order valence-electron chi connectivity index (χ0n) is 16.2. The third kappa shape index (κ3) is 3.43. The Labute approximate surface area is 164 Å². The summed E-state index contributed by atoms with van der Waals surface area (Å²) < 4.78 is 5.37. The fraction of sp³-hybridized carbons (Fsp3) is 0.429. The molecule has 1 aromatic carbocycles. The van der Waals surface area contributed by atoms with Crippen molar-refractivity contribution in [2.45, 2.75) is 44.5 Å². The van der Waals surface area contributed by atoms with Crippen LogP contribution < -0.4 is 20.3 Å². The highest BCUT2D eigenvalue weighted by atomic mass is 16.5. The molecule has 148 valence electrons. The van der Waals surface area contributed by atoms with Crippen LogP contribution in [0.2, 0.25) is 0 Å². The van der Waals surface area contributed by atoms with Gasteiger partial charge in [-0.2, -0.15) is 0 Å². The highest BCUT2D eigenvalue weighted by Crippen LogP contribution is 2.33. The molecule has 2 atom stereocenters. The van der Waals surface area contributed by atoms with Crippen molar-refractivity contribution in [3.05, 3.63) is 47.0 Å². The molecule has 1 saturated carbocycles. The molecule has 0 unspecified atom stereocenters. The van der Waals surface area contributed by atoms with E-state index in [9.17, 15) is 9.90 Å². The maximum atomic E-state index is 13.1. The number of nitrogens with one attached hydrogen (secondary N) is 2. The van der Waals surface area contributed by atoms with Crippen LogP contribution in [-0.4, -0.2) is 42.3 Å². The van der Waals surface area contributed by atoms with Gasteiger partial charge in [0.1, 0.15) is 17.4 Å². The van der Waals surface area contributed by atoms with Crippen LogP contribution in [0.1, 0.15) is 40.7 Å². The van der Waals surface area contributed by atoms with E-state index in [2.05, 4.69) is 15.6 Å². The molecule has 0 bridgehead atoms. The van der Waals surface area contributed by atoms with E-state index in [1.54, 1.807) is 18.1 Å². The number of hydrogen-bond donors (Lipinski definition) is 3. The normalized spacial score (nSPS) is 21.1. The first-order valence-corrected chi connectivity index (χ1v) is 9.68. The van der Waals surface area contributed by atoms with E-state index < -0.39 is 0 Å². The minimum absolute atomic E-state index is 0.0146. The quantitative estimate of drug-likeness (QED) is 0.711. The highest BCUT2D eigenvalue weighted by molar-refractivity contribution is 6.10. The lowest BCUT2D eigenvalue weighted by Gasteiger charge is -2.19. The lowest BCUT2D eigenvalue weighted by Crippen LogP contribution is -2.29. The smallest absolute Gasteiger partial charge is 0.260 e. The van der Waals surface area contributed by atoms with E-state index in [4.69, 9.17) is 4.74 Å². The molecule has 1 aliphatic heterocycles. The van der Waals surface area contributed by atoms with Gasteiger partial charge >= 0.3 is 0 Å². The molecule has 28 heavy (non-hydrogen) atoms. The molecule has 2 aliphatic rings. The Balaban J connectivity index is 1.61. The van der Waals surface area contributed by atoms with Crippen LogP contribution in [0.25, 0.3) is 0 Å². The topological polar surface area (TPSA) is 86.7 Å². The van der Waals surface area contributed by atoms with Crippen molar-refractivity contribution in [3.63, 3.8) is 0 Å². The Kier molecular flexibility index (Phi) is 5.19. The van der Waals surface area contributed by atoms with Crippen molar-refractivity contribution in [3.8, 4) is 5.75 Å². The average molecular weight is 382 g/mol. The van der Waals surface area contributed by atoms with Crippen LogP contribution in [0, 0.1) is 0 Å². The second-order valence-electron chi connectivity index (χ2n) is 7.36. The maximum Gasteiger partial charge on any atom is 0.260 e. The summed E-state index contributed by atoms with van der Waals surface area (Å²) in [5.41, 5.74) is 2.72. The van der Waals surface area contributed by atoms with Crippen LogP contribution in [-0.2, 0) is 13.1 Å². The summed E-state index contributed by atoms with van der Waals surface area (Å²) >= 11 is 0. The highest BCUT2D eigenvalue weighted by Gasteiger charge is 2.32. The number of aliphatic hydroxyl groups is 1. The second-order valence-corrected chi connectivity index (χ2v) is 7.36. The molecule has 0 radical (unpaired) electrons. The van der Waals surface area contributed by atoms with E-state index in [0.717, 1.165) is 30.4 Å². The van der Waals surface area contributed by atoms with Crippen molar-refractivity contribution in [2.24, 2.45) is 0 Å². The van der Waals surface area contributed by atoms with Gasteiger partial charge in [0, 0.05) is 12.1 Å². The van der Waals surface area contributed by atoms with Crippen LogP contribution >= 0.6 is 0 Å². The Morgan fingerprint density at radius 2 is 2.18 bits per heavy atom. The van der Waals surface area contributed by atoms with Crippen LogP contribution in [0.3, 0.4) is 0 Å². The fourth-order valence-corrected chi connectivity index (χ4v) is 4.06. The van der Waals surface area contributed by atoms with Gasteiger partial charge in [-0.3, -0.25) is 9.69 Å². The van der Waals surface area contributed by atoms with Gasteiger partial charge in [-0.1, -0.05) is 6.07 Å². The molecule has 7 heteroatoms. The SMILES string of the molecule is CNCc1cc(OC)cc2c1CN(c1cccc(N[C@@H]3CCC[C@@H]3O)n1)C2=O. The van der Waals surface area contributed by atoms with Gasteiger partial charge in [0.2, 0.25) is 0 Å². The van der Waals surface area contributed by atoms with Crippen molar-refractivity contribution in [2.75, 3.05) is 24.4 Å². The first-order valence-electron chi connectivity index (χ1n) is 9.68. The lowest BCUT2D eigenvalue weighted by atomic mass is 10.0. The second kappa shape index (κ2) is 7.77. The van der Waals surface area contributed by atoms with Gasteiger partial charge in [0.05, 0.1) is 25.8 Å². The monoisotopic (exact) mass is 382 g/mol. The first-order chi connectivity index (χ1) is 13.6. The van der Waals surface area contributed by atoms with E-state index in [1.807, 2.05) is 31.3 Å². The number of anilines is 2. The summed E-state index contributed by atoms with van der Waals surface area (Å²) in [6.07, 6.45) is 2.40. The Morgan fingerprint density at radius 1 is 1.32 bits per heavy atom. The number of aliphatic hydroxyl groups excluding tert-OH is 1. The number of methoxy groups -OCH3 is 1. The first kappa shape index (κ1) is 18.7. The molecular weight excluding hydrogens is 356 g/mol. The molecule has 1 fully saturated rings. The van der Waals surface area contributed by atoms with Gasteiger partial charge in [0.15, 0.2) is 0 Å². The number of hydrogen-bond acceptors (Lipinski definition) is 6. The van der Waals surface area contributed by atoms with Gasteiger partial charge in [0.25, 0.3) is 5.91 Å². The minimum Gasteiger partial charge on any atom is -0.497 e. The average Bonchev–Trinajstić information content (AvgIpc) is 3.26. The number of aromatic nitrogens is 1. The number of ether oxygens (including phenoxy) is 1. The lowest BCUT2D eigenvalue weighted by molar-refractivity contribution is 0.0995. The zero-order valence-corrected chi connectivity index (χ0v) is 16.2. The number of amides is 1. The van der Waals surface area contributed by atoms with Crippen LogP contribution in [0.15, 0.2) is 30.3 Å². The fourth-order valence-electron chi connectivity index (χ4n) is 4.06. The van der Waals surface area contributed by atoms with E-state index in [1.165, 1.54) is 0 Å². The Bertz CT molecular complexity index is 886. The molecule has 2 heterocycles. The van der Waals surface area contributed by atoms with Crippen molar-refractivity contribution >= 4 is 17.5 Å². The van der Waals surface area contributed by atoms with Crippen molar-refractivity contribution in [1.82, 2.24) is 10.3 Å². The standard InChI is InChI=1S/C21H26N4O3/c1-22-11-13-9-14(28-2)10-15-16(13)12-25(21(15)27)20-8-4-7-19(24-20)23-17-5-3-6-18(17)26/h4,7-10,17-18,22,26H,3,5-6,11-12H2,1-2H3,(H,23,24)/t17-,18+/m1/s1. The molecule has 7 nitrogen and oxygen atoms in total. The molecule has 2 aromatic rings. The largest absolute Gasteiger partial charge is 0.497 e. The molecule has 3 N–H and O–H groups in total. The summed E-state index contributed by atoms with van der Waals surface area (Å²) in [5, 5.41) is 16.5. The number of nitrogens with zero attached hydrogens (tertiary/aromatic N) is 2. The number of rotatable bonds is 6. The summed E-state index contributed by atoms with van der Waals surface area (Å²) in [5.74, 6) is 1.89. The molecule has 1 aromatic heterocycles. The van der Waals surface area contributed by atoms with E-state index >= 15 is 0 Å². The predicted molar refractivity (Wildman–Crippen MR) is 108 cm³/mol. The molecular formula is C21H26N4O3. The number of pyridine rings is 1. The molecule has 4 rings (SSSR count). The van der Waals surface area contributed by atoms with Crippen LogP contribution in [0.4, 0.5) is 11.6 Å². The molecule has 0 spiro atoms. The van der Waals surface area contributed by atoms with Gasteiger partial charge in [-0.15, -0.1) is 0 Å².